The molecule has 1 aliphatic heterocycles. The molecule has 1 aromatic rings. The lowest BCUT2D eigenvalue weighted by molar-refractivity contribution is 0.0963. The van der Waals surface area contributed by atoms with Crippen LogP contribution in [0.4, 0.5) is 4.79 Å². The molecule has 0 saturated carbocycles. The maximum Gasteiger partial charge on any atom is 0.409 e. The molecule has 9 nitrogen and oxygen atoms in total. The second-order valence-electron chi connectivity index (χ2n) is 5.36. The van der Waals surface area contributed by atoms with Gasteiger partial charge in [-0.15, -0.1) is 0 Å². The van der Waals surface area contributed by atoms with Gasteiger partial charge in [0.15, 0.2) is 11.8 Å². The van der Waals surface area contributed by atoms with Gasteiger partial charge in [-0.05, 0) is 26.7 Å². The Morgan fingerprint density at radius 1 is 1.52 bits per heavy atom. The molecule has 1 amide bonds. The molecule has 1 fully saturated rings. The van der Waals surface area contributed by atoms with Crippen LogP contribution in [0.25, 0.3) is 0 Å². The van der Waals surface area contributed by atoms with Crippen LogP contribution >= 0.6 is 0 Å². The molecule has 0 spiro atoms. The van der Waals surface area contributed by atoms with E-state index in [2.05, 4.69) is 20.4 Å². The van der Waals surface area contributed by atoms with Crippen LogP contribution in [0.3, 0.4) is 0 Å². The van der Waals surface area contributed by atoms with E-state index in [4.69, 9.17) is 15.0 Å². The van der Waals surface area contributed by atoms with Crippen LogP contribution in [0.15, 0.2) is 9.52 Å². The van der Waals surface area contributed by atoms with E-state index in [1.165, 1.54) is 0 Å². The number of aliphatic imine (C=N–C) groups is 1. The van der Waals surface area contributed by atoms with Gasteiger partial charge in [-0.3, -0.25) is 4.99 Å². The normalized spacial score (nSPS) is 16.4. The van der Waals surface area contributed by atoms with Crippen molar-refractivity contribution in [2.75, 3.05) is 26.2 Å². The van der Waals surface area contributed by atoms with Crippen LogP contribution in [0, 0.1) is 6.92 Å². The van der Waals surface area contributed by atoms with Crippen LogP contribution in [-0.4, -0.2) is 59.4 Å². The maximum atomic E-state index is 11.6. The lowest BCUT2D eigenvalue weighted by Crippen LogP contribution is -2.48. The quantitative estimate of drug-likeness (QED) is 0.596. The Balaban J connectivity index is 1.68. The number of piperidine rings is 1. The van der Waals surface area contributed by atoms with Gasteiger partial charge in [-0.2, -0.15) is 4.98 Å². The van der Waals surface area contributed by atoms with Crippen LogP contribution < -0.4 is 11.1 Å². The van der Waals surface area contributed by atoms with Crippen molar-refractivity contribution >= 4 is 12.1 Å². The van der Waals surface area contributed by atoms with E-state index in [0.29, 0.717) is 50.3 Å². The number of nitrogens with one attached hydrogen (secondary N) is 1. The SMILES string of the molecule is CCOC(=O)N1CCC(NC(N)=NCCc2nc(C)no2)CC1. The Bertz CT molecular complexity index is 536. The monoisotopic (exact) mass is 324 g/mol. The molecule has 0 radical (unpaired) electrons. The molecular formula is C14H24N6O3. The first-order chi connectivity index (χ1) is 11.1. The minimum Gasteiger partial charge on any atom is -0.450 e. The Morgan fingerprint density at radius 2 is 2.26 bits per heavy atom. The van der Waals surface area contributed by atoms with E-state index in [9.17, 15) is 4.79 Å². The maximum absolute atomic E-state index is 11.6. The first kappa shape index (κ1) is 17.0. The zero-order valence-electron chi connectivity index (χ0n) is 13.6. The molecule has 0 aliphatic carbocycles. The summed E-state index contributed by atoms with van der Waals surface area (Å²) in [5.41, 5.74) is 5.88. The van der Waals surface area contributed by atoms with Gasteiger partial charge in [-0.25, -0.2) is 4.79 Å². The number of aryl methyl sites for hydroxylation is 1. The van der Waals surface area contributed by atoms with Gasteiger partial charge in [0.2, 0.25) is 5.89 Å². The number of hydrogen-bond donors (Lipinski definition) is 2. The van der Waals surface area contributed by atoms with E-state index in [1.54, 1.807) is 18.7 Å². The van der Waals surface area contributed by atoms with Crippen molar-refractivity contribution in [2.45, 2.75) is 39.2 Å². The number of nitrogens with zero attached hydrogens (tertiary/aromatic N) is 4. The number of ether oxygens (including phenoxy) is 1. The van der Waals surface area contributed by atoms with Gasteiger partial charge >= 0.3 is 6.09 Å². The molecule has 23 heavy (non-hydrogen) atoms. The molecule has 0 atom stereocenters. The van der Waals surface area contributed by atoms with E-state index >= 15 is 0 Å². The van der Waals surface area contributed by atoms with Crippen molar-refractivity contribution in [3.63, 3.8) is 0 Å². The lowest BCUT2D eigenvalue weighted by atomic mass is 10.1. The second-order valence-corrected chi connectivity index (χ2v) is 5.36. The van der Waals surface area contributed by atoms with Gasteiger partial charge in [0.25, 0.3) is 0 Å². The van der Waals surface area contributed by atoms with Crippen molar-refractivity contribution in [3.05, 3.63) is 11.7 Å². The summed E-state index contributed by atoms with van der Waals surface area (Å²) < 4.78 is 10.0. The highest BCUT2D eigenvalue weighted by Gasteiger charge is 2.23. The predicted octanol–water partition coefficient (Wildman–Crippen LogP) is 0.446. The zero-order valence-corrected chi connectivity index (χ0v) is 13.6. The molecule has 0 unspecified atom stereocenters. The van der Waals surface area contributed by atoms with E-state index < -0.39 is 0 Å². The lowest BCUT2D eigenvalue weighted by Gasteiger charge is -2.31. The second kappa shape index (κ2) is 8.35. The predicted molar refractivity (Wildman–Crippen MR) is 84.0 cm³/mol. The van der Waals surface area contributed by atoms with Gasteiger partial charge < -0.3 is 25.2 Å². The van der Waals surface area contributed by atoms with Crippen LogP contribution in [0.2, 0.25) is 0 Å². The van der Waals surface area contributed by atoms with Crippen LogP contribution in [-0.2, 0) is 11.2 Å². The molecule has 1 saturated heterocycles. The first-order valence-electron chi connectivity index (χ1n) is 7.85. The summed E-state index contributed by atoms with van der Waals surface area (Å²) in [5.74, 6) is 1.57. The minimum absolute atomic E-state index is 0.218. The molecule has 1 aromatic heterocycles. The molecular weight excluding hydrogens is 300 g/mol. The third-order valence-electron chi connectivity index (χ3n) is 3.55. The van der Waals surface area contributed by atoms with Crippen LogP contribution in [0.5, 0.6) is 0 Å². The largest absolute Gasteiger partial charge is 0.450 e. The average Bonchev–Trinajstić information content (AvgIpc) is 2.93. The molecule has 0 bridgehead atoms. The van der Waals surface area contributed by atoms with Crippen molar-refractivity contribution < 1.29 is 14.1 Å². The van der Waals surface area contributed by atoms with Crippen molar-refractivity contribution in [2.24, 2.45) is 10.7 Å². The van der Waals surface area contributed by atoms with Crippen molar-refractivity contribution in [3.8, 4) is 0 Å². The van der Waals surface area contributed by atoms with E-state index in [-0.39, 0.29) is 12.1 Å². The fraction of sp³-hybridized carbons (Fsp3) is 0.714. The van der Waals surface area contributed by atoms with Gasteiger partial charge in [-0.1, -0.05) is 5.16 Å². The molecule has 2 rings (SSSR count). The van der Waals surface area contributed by atoms with Crippen molar-refractivity contribution in [1.82, 2.24) is 20.4 Å². The number of aromatic nitrogens is 2. The Labute approximate surface area is 135 Å². The number of amides is 1. The molecule has 2 heterocycles. The fourth-order valence-corrected chi connectivity index (χ4v) is 2.39. The summed E-state index contributed by atoms with van der Waals surface area (Å²) in [6.45, 7) is 5.78. The summed E-state index contributed by atoms with van der Waals surface area (Å²) >= 11 is 0. The number of carbonyl (C=O) groups is 1. The molecule has 3 N–H and O–H groups in total. The number of rotatable bonds is 5. The number of likely N-dealkylation sites (tertiary alicyclic amines) is 1. The number of nitrogens with two attached hydrogens (primary N) is 1. The summed E-state index contributed by atoms with van der Waals surface area (Å²) in [4.78, 5) is 21.7. The van der Waals surface area contributed by atoms with Gasteiger partial charge in [0.1, 0.15) is 0 Å². The minimum atomic E-state index is -0.248. The molecule has 9 heteroatoms. The highest BCUT2D eigenvalue weighted by molar-refractivity contribution is 5.78. The molecule has 1 aliphatic rings. The molecule has 128 valence electrons. The summed E-state index contributed by atoms with van der Waals surface area (Å²) in [7, 11) is 0. The zero-order chi connectivity index (χ0) is 16.7. The topological polar surface area (TPSA) is 119 Å². The summed E-state index contributed by atoms with van der Waals surface area (Å²) in [6, 6.07) is 0.218. The number of hydrogen-bond acceptors (Lipinski definition) is 6. The smallest absolute Gasteiger partial charge is 0.409 e. The Morgan fingerprint density at radius 3 is 2.87 bits per heavy atom. The van der Waals surface area contributed by atoms with Gasteiger partial charge in [0, 0.05) is 25.6 Å². The Kier molecular flexibility index (Phi) is 6.19. The number of guanidine groups is 1. The molecule has 0 aromatic carbocycles. The van der Waals surface area contributed by atoms with Crippen molar-refractivity contribution in [1.29, 1.82) is 0 Å². The Hall–Kier alpha value is -2.32. The van der Waals surface area contributed by atoms with E-state index in [0.717, 1.165) is 12.8 Å². The highest BCUT2D eigenvalue weighted by atomic mass is 16.6. The first-order valence-corrected chi connectivity index (χ1v) is 7.85. The van der Waals surface area contributed by atoms with E-state index in [1.807, 2.05) is 0 Å². The highest BCUT2D eigenvalue weighted by Crippen LogP contribution is 2.11. The average molecular weight is 324 g/mol. The summed E-state index contributed by atoms with van der Waals surface area (Å²) in [5, 5.41) is 6.90. The fourth-order valence-electron chi connectivity index (χ4n) is 2.39. The number of carbonyl (C=O) groups excluding carboxylic acids is 1. The van der Waals surface area contributed by atoms with Crippen LogP contribution in [0.1, 0.15) is 31.5 Å². The third-order valence-corrected chi connectivity index (χ3v) is 3.55. The standard InChI is InChI=1S/C14H24N6O3/c1-3-22-14(21)20-8-5-11(6-9-20)18-13(15)16-7-4-12-17-10(2)19-23-12/h11H,3-9H2,1-2H3,(H3,15,16,18). The van der Waals surface area contributed by atoms with Gasteiger partial charge in [0.05, 0.1) is 13.2 Å². The summed E-state index contributed by atoms with van der Waals surface area (Å²) in [6.07, 6.45) is 1.95. The third kappa shape index (κ3) is 5.42.